The van der Waals surface area contributed by atoms with Gasteiger partial charge in [0.2, 0.25) is 11.8 Å². The molecule has 0 radical (unpaired) electrons. The molecule has 3 atom stereocenters. The van der Waals surface area contributed by atoms with Gasteiger partial charge >= 0.3 is 6.09 Å². The number of nitrogens with zero attached hydrogens (tertiary/aromatic N) is 1. The second kappa shape index (κ2) is 16.1. The first kappa shape index (κ1) is 34.4. The standard InChI is InChI=1S/C37H49N3O4/c1-26(2)21-22-28(4)40(35(42)32(24-29-16-10-8-11-17-29)39-36(43)44-37(5,6)7)33(31-20-14-15-27(3)23-31)34(41)38-25-30-18-12-9-13-19-30/h8-20,23,26,28,32-33H,21-22,24-25H2,1-7H3,(H,38,41)(H,39,43). The third-order valence-corrected chi connectivity index (χ3v) is 7.36. The first-order valence-corrected chi connectivity index (χ1v) is 15.6. The lowest BCUT2D eigenvalue weighted by molar-refractivity contribution is -0.145. The van der Waals surface area contributed by atoms with Crippen molar-refractivity contribution in [1.82, 2.24) is 15.5 Å². The van der Waals surface area contributed by atoms with Gasteiger partial charge in [-0.15, -0.1) is 0 Å². The molecule has 2 N–H and O–H groups in total. The molecular weight excluding hydrogens is 550 g/mol. The lowest BCUT2D eigenvalue weighted by Crippen LogP contribution is -2.56. The molecule has 0 saturated heterocycles. The zero-order valence-corrected chi connectivity index (χ0v) is 27.3. The van der Waals surface area contributed by atoms with Crippen molar-refractivity contribution >= 4 is 17.9 Å². The van der Waals surface area contributed by atoms with Crippen LogP contribution in [0.15, 0.2) is 84.9 Å². The van der Waals surface area contributed by atoms with Gasteiger partial charge in [0.1, 0.15) is 17.7 Å². The fraction of sp³-hybridized carbons (Fsp3) is 0.432. The fourth-order valence-electron chi connectivity index (χ4n) is 5.15. The van der Waals surface area contributed by atoms with Crippen LogP contribution in [0.25, 0.3) is 0 Å². The molecule has 3 rings (SSSR count). The van der Waals surface area contributed by atoms with Gasteiger partial charge in [-0.2, -0.15) is 0 Å². The van der Waals surface area contributed by atoms with E-state index in [0.29, 0.717) is 18.9 Å². The Labute approximate surface area is 263 Å². The van der Waals surface area contributed by atoms with E-state index in [9.17, 15) is 14.4 Å². The molecule has 3 aromatic rings. The minimum atomic E-state index is -0.956. The molecule has 3 unspecified atom stereocenters. The van der Waals surface area contributed by atoms with E-state index in [2.05, 4.69) is 24.5 Å². The van der Waals surface area contributed by atoms with Crippen LogP contribution < -0.4 is 10.6 Å². The average Bonchev–Trinajstić information content (AvgIpc) is 2.96. The number of nitrogens with one attached hydrogen (secondary N) is 2. The summed E-state index contributed by atoms with van der Waals surface area (Å²) in [6.45, 7) is 13.9. The van der Waals surface area contributed by atoms with Gasteiger partial charge in [-0.3, -0.25) is 9.59 Å². The van der Waals surface area contributed by atoms with Gasteiger partial charge in [0, 0.05) is 19.0 Å². The Bertz CT molecular complexity index is 1350. The number of amides is 3. The van der Waals surface area contributed by atoms with Crippen molar-refractivity contribution in [1.29, 1.82) is 0 Å². The first-order chi connectivity index (χ1) is 20.8. The molecule has 0 aliphatic carbocycles. The zero-order valence-electron chi connectivity index (χ0n) is 27.3. The zero-order chi connectivity index (χ0) is 32.3. The van der Waals surface area contributed by atoms with Crippen LogP contribution in [0.5, 0.6) is 0 Å². The van der Waals surface area contributed by atoms with E-state index in [1.54, 1.807) is 25.7 Å². The van der Waals surface area contributed by atoms with Crippen LogP contribution in [0, 0.1) is 12.8 Å². The number of hydrogen-bond donors (Lipinski definition) is 2. The highest BCUT2D eigenvalue weighted by Gasteiger charge is 2.39. The van der Waals surface area contributed by atoms with Crippen molar-refractivity contribution in [3.05, 3.63) is 107 Å². The molecule has 0 fully saturated rings. The number of ether oxygens (including phenoxy) is 1. The van der Waals surface area contributed by atoms with Gasteiger partial charge in [-0.25, -0.2) is 4.79 Å². The lowest BCUT2D eigenvalue weighted by Gasteiger charge is -2.39. The molecule has 3 aromatic carbocycles. The quantitative estimate of drug-likeness (QED) is 0.219. The number of rotatable bonds is 13. The summed E-state index contributed by atoms with van der Waals surface area (Å²) >= 11 is 0. The highest BCUT2D eigenvalue weighted by atomic mass is 16.6. The van der Waals surface area contributed by atoms with E-state index >= 15 is 0 Å². The van der Waals surface area contributed by atoms with Gasteiger partial charge in [-0.05, 0) is 70.1 Å². The van der Waals surface area contributed by atoms with Gasteiger partial charge in [-0.1, -0.05) is 104 Å². The highest BCUT2D eigenvalue weighted by Crippen LogP contribution is 2.29. The van der Waals surface area contributed by atoms with Crippen LogP contribution >= 0.6 is 0 Å². The summed E-state index contributed by atoms with van der Waals surface area (Å²) in [4.78, 5) is 43.7. The van der Waals surface area contributed by atoms with E-state index in [1.165, 1.54) is 0 Å². The summed E-state index contributed by atoms with van der Waals surface area (Å²) < 4.78 is 5.57. The molecule has 44 heavy (non-hydrogen) atoms. The van der Waals surface area contributed by atoms with Gasteiger partial charge in [0.05, 0.1) is 0 Å². The number of benzene rings is 3. The van der Waals surface area contributed by atoms with Crippen LogP contribution in [0.3, 0.4) is 0 Å². The molecule has 3 amide bonds. The minimum absolute atomic E-state index is 0.249. The monoisotopic (exact) mass is 599 g/mol. The van der Waals surface area contributed by atoms with Crippen molar-refractivity contribution in [2.45, 2.75) is 98.0 Å². The van der Waals surface area contributed by atoms with Crippen molar-refractivity contribution in [2.75, 3.05) is 0 Å². The van der Waals surface area contributed by atoms with E-state index in [-0.39, 0.29) is 24.3 Å². The average molecular weight is 600 g/mol. The van der Waals surface area contributed by atoms with E-state index in [1.807, 2.05) is 98.8 Å². The van der Waals surface area contributed by atoms with Gasteiger partial charge in [0.15, 0.2) is 0 Å². The Kier molecular flexibility index (Phi) is 12.6. The third-order valence-electron chi connectivity index (χ3n) is 7.36. The molecule has 0 aliphatic heterocycles. The normalized spacial score (nSPS) is 13.5. The Hall–Kier alpha value is -4.13. The molecule has 0 spiro atoms. The lowest BCUT2D eigenvalue weighted by atomic mass is 9.95. The SMILES string of the molecule is Cc1cccc(C(C(=O)NCc2ccccc2)N(C(=O)C(Cc2ccccc2)NC(=O)OC(C)(C)C)C(C)CCC(C)C)c1. The largest absolute Gasteiger partial charge is 0.444 e. The fourth-order valence-corrected chi connectivity index (χ4v) is 5.15. The predicted molar refractivity (Wildman–Crippen MR) is 176 cm³/mol. The van der Waals surface area contributed by atoms with Crippen molar-refractivity contribution < 1.29 is 19.1 Å². The van der Waals surface area contributed by atoms with E-state index in [0.717, 1.165) is 28.7 Å². The maximum atomic E-state index is 14.8. The summed E-state index contributed by atoms with van der Waals surface area (Å²) in [6.07, 6.45) is 1.14. The number of carbonyl (C=O) groups excluding carboxylic acids is 3. The summed E-state index contributed by atoms with van der Waals surface area (Å²) in [5, 5.41) is 5.94. The Morgan fingerprint density at radius 3 is 2.00 bits per heavy atom. The third kappa shape index (κ3) is 10.9. The first-order valence-electron chi connectivity index (χ1n) is 15.6. The number of carbonyl (C=O) groups is 3. The second-order valence-corrected chi connectivity index (χ2v) is 13.0. The Balaban J connectivity index is 2.08. The van der Waals surface area contributed by atoms with Crippen LogP contribution in [0.2, 0.25) is 0 Å². The van der Waals surface area contributed by atoms with Crippen LogP contribution in [0.4, 0.5) is 4.79 Å². The molecule has 0 bridgehead atoms. The van der Waals surface area contributed by atoms with Crippen molar-refractivity contribution in [2.24, 2.45) is 5.92 Å². The summed E-state index contributed by atoms with van der Waals surface area (Å²) in [7, 11) is 0. The van der Waals surface area contributed by atoms with Crippen molar-refractivity contribution in [3.8, 4) is 0 Å². The minimum Gasteiger partial charge on any atom is -0.444 e. The van der Waals surface area contributed by atoms with Crippen molar-refractivity contribution in [3.63, 3.8) is 0 Å². The highest BCUT2D eigenvalue weighted by molar-refractivity contribution is 5.92. The topological polar surface area (TPSA) is 87.7 Å². The van der Waals surface area contributed by atoms with Crippen LogP contribution in [-0.2, 0) is 27.3 Å². The molecule has 7 nitrogen and oxygen atoms in total. The molecule has 0 saturated carbocycles. The molecule has 236 valence electrons. The van der Waals surface area contributed by atoms with E-state index < -0.39 is 23.8 Å². The van der Waals surface area contributed by atoms with Crippen LogP contribution in [0.1, 0.15) is 82.7 Å². The Morgan fingerprint density at radius 2 is 1.43 bits per heavy atom. The Morgan fingerprint density at radius 1 is 0.818 bits per heavy atom. The van der Waals surface area contributed by atoms with E-state index in [4.69, 9.17) is 4.74 Å². The molecule has 0 aromatic heterocycles. The number of alkyl carbamates (subject to hydrolysis) is 1. The summed E-state index contributed by atoms with van der Waals surface area (Å²) in [6, 6.07) is 24.8. The molecule has 0 aliphatic rings. The van der Waals surface area contributed by atoms with Gasteiger partial charge < -0.3 is 20.3 Å². The van der Waals surface area contributed by atoms with Gasteiger partial charge in [0.25, 0.3) is 0 Å². The smallest absolute Gasteiger partial charge is 0.408 e. The van der Waals surface area contributed by atoms with Crippen LogP contribution in [-0.4, -0.2) is 40.5 Å². The summed E-state index contributed by atoms with van der Waals surface area (Å²) in [5.74, 6) is -0.198. The number of hydrogen-bond acceptors (Lipinski definition) is 4. The predicted octanol–water partition coefficient (Wildman–Crippen LogP) is 7.14. The molecule has 7 heteroatoms. The molecular formula is C37H49N3O4. The molecule has 0 heterocycles. The maximum Gasteiger partial charge on any atom is 0.408 e. The maximum absolute atomic E-state index is 14.8. The second-order valence-electron chi connectivity index (χ2n) is 13.0. The number of aryl methyl sites for hydroxylation is 1. The summed E-state index contributed by atoms with van der Waals surface area (Å²) in [5.41, 5.74) is 2.81.